The molecule has 10 heteroatoms. The van der Waals surface area contributed by atoms with Gasteiger partial charge in [-0.05, 0) is 12.1 Å². The first-order valence-corrected chi connectivity index (χ1v) is 7.30. The second-order valence-corrected chi connectivity index (χ2v) is 5.86. The quantitative estimate of drug-likeness (QED) is 0.606. The standard InChI is InChI=1S/C12H10Cl4N2O4/c1-22-11-5(2-4(13)3-6(11)14)10(19)8-9(18(20)21)7(15)12(16)17-8/h2-3,10,17-20H,1H3/t10-/m0/s1. The summed E-state index contributed by atoms with van der Waals surface area (Å²) in [6, 6.07) is 2.84. The summed E-state index contributed by atoms with van der Waals surface area (Å²) < 4.78 is 5.13. The van der Waals surface area contributed by atoms with Crippen LogP contribution >= 0.6 is 46.4 Å². The molecule has 0 bridgehead atoms. The molecule has 1 heterocycles. The lowest BCUT2D eigenvalue weighted by Gasteiger charge is -2.18. The van der Waals surface area contributed by atoms with Crippen molar-refractivity contribution in [3.63, 3.8) is 0 Å². The Hall–Kier alpha value is -0.700. The number of nitrogens with one attached hydrogen (secondary N) is 2. The third-order valence-electron chi connectivity index (χ3n) is 2.95. The molecule has 0 aliphatic heterocycles. The minimum absolute atomic E-state index is 0.0970. The van der Waals surface area contributed by atoms with Crippen LogP contribution < -0.4 is 9.96 Å². The second kappa shape index (κ2) is 6.82. The van der Waals surface area contributed by atoms with Crippen LogP contribution in [0.25, 0.3) is 0 Å². The van der Waals surface area contributed by atoms with Gasteiger partial charge in [0.15, 0.2) is 0 Å². The highest BCUT2D eigenvalue weighted by Gasteiger charge is 2.29. The average Bonchev–Trinajstić information content (AvgIpc) is 2.73. The fourth-order valence-electron chi connectivity index (χ4n) is 2.03. The van der Waals surface area contributed by atoms with Crippen LogP contribution in [0.1, 0.15) is 17.4 Å². The van der Waals surface area contributed by atoms with Gasteiger partial charge in [-0.15, -0.1) is 0 Å². The number of hydrogen-bond acceptors (Lipinski definition) is 4. The third-order valence-corrected chi connectivity index (χ3v) is 4.21. The molecule has 0 aliphatic carbocycles. The number of halogens is 4. The molecule has 0 saturated heterocycles. The van der Waals surface area contributed by atoms with E-state index in [0.717, 1.165) is 0 Å². The summed E-state index contributed by atoms with van der Waals surface area (Å²) in [5.74, 6) is 0.164. The Morgan fingerprint density at radius 3 is 2.45 bits per heavy atom. The summed E-state index contributed by atoms with van der Waals surface area (Å²) in [7, 11) is 1.36. The summed E-state index contributed by atoms with van der Waals surface area (Å²) in [5.41, 5.74) is -0.256. The van der Waals surface area contributed by atoms with E-state index < -0.39 is 11.3 Å². The Morgan fingerprint density at radius 2 is 1.91 bits per heavy atom. The van der Waals surface area contributed by atoms with Gasteiger partial charge < -0.3 is 20.0 Å². The molecular formula is C12H10Cl4N2O4. The van der Waals surface area contributed by atoms with E-state index in [9.17, 15) is 15.5 Å². The summed E-state index contributed by atoms with van der Waals surface area (Å²) >= 11 is 23.6. The van der Waals surface area contributed by atoms with Crippen LogP contribution in [0.4, 0.5) is 5.69 Å². The van der Waals surface area contributed by atoms with E-state index in [2.05, 4.69) is 4.98 Å². The van der Waals surface area contributed by atoms with Crippen LogP contribution in [0.5, 0.6) is 5.75 Å². The SMILES string of the molecule is COc1c(Cl)cc(Cl)cc1[C@H](O)c1[nH]c(Cl)c(Cl)c1[NH+]([O-])O. The number of hydrogen-bond donors (Lipinski definition) is 4. The summed E-state index contributed by atoms with van der Waals surface area (Å²) in [4.78, 5) is 2.54. The molecule has 22 heavy (non-hydrogen) atoms. The number of aliphatic hydroxyl groups is 1. The molecule has 1 unspecified atom stereocenters. The van der Waals surface area contributed by atoms with Gasteiger partial charge in [0.25, 0.3) is 0 Å². The predicted molar refractivity (Wildman–Crippen MR) is 83.7 cm³/mol. The molecule has 0 radical (unpaired) electrons. The van der Waals surface area contributed by atoms with Gasteiger partial charge in [0.05, 0.1) is 12.1 Å². The van der Waals surface area contributed by atoms with Gasteiger partial charge >= 0.3 is 0 Å². The van der Waals surface area contributed by atoms with Crippen molar-refractivity contribution >= 4 is 52.1 Å². The Balaban J connectivity index is 2.63. The van der Waals surface area contributed by atoms with Crippen LogP contribution in [0.3, 0.4) is 0 Å². The van der Waals surface area contributed by atoms with Crippen LogP contribution in [0, 0.1) is 5.21 Å². The van der Waals surface area contributed by atoms with E-state index in [1.165, 1.54) is 19.2 Å². The number of aromatic amines is 1. The van der Waals surface area contributed by atoms with Gasteiger partial charge in [0.1, 0.15) is 27.7 Å². The van der Waals surface area contributed by atoms with E-state index in [4.69, 9.17) is 51.1 Å². The summed E-state index contributed by atoms with van der Waals surface area (Å²) in [6.45, 7) is 0. The second-order valence-electron chi connectivity index (χ2n) is 4.26. The number of ether oxygens (including phenoxy) is 1. The lowest BCUT2D eigenvalue weighted by molar-refractivity contribution is -0.991. The Bertz CT molecular complexity index is 705. The van der Waals surface area contributed by atoms with Gasteiger partial charge in [0.2, 0.25) is 5.69 Å². The van der Waals surface area contributed by atoms with Gasteiger partial charge in [0, 0.05) is 10.6 Å². The number of benzene rings is 1. The molecule has 2 rings (SSSR count). The highest BCUT2D eigenvalue weighted by atomic mass is 35.5. The molecule has 1 aromatic carbocycles. The summed E-state index contributed by atoms with van der Waals surface area (Å²) in [5, 5.41) is 29.9. The lowest BCUT2D eigenvalue weighted by atomic mass is 10.0. The molecule has 2 atom stereocenters. The van der Waals surface area contributed by atoms with E-state index in [0.29, 0.717) is 0 Å². The van der Waals surface area contributed by atoms with Crippen LogP contribution in [-0.2, 0) is 0 Å². The lowest BCUT2D eigenvalue weighted by Crippen LogP contribution is -2.99. The van der Waals surface area contributed by atoms with Crippen molar-refractivity contribution in [2.75, 3.05) is 7.11 Å². The molecule has 120 valence electrons. The van der Waals surface area contributed by atoms with Crippen molar-refractivity contribution in [1.82, 2.24) is 4.98 Å². The topological polar surface area (TPSA) is 93.0 Å². The number of aliphatic hydroxyl groups excluding tert-OH is 1. The number of methoxy groups -OCH3 is 1. The Labute approximate surface area is 145 Å². The average molecular weight is 388 g/mol. The zero-order valence-electron chi connectivity index (χ0n) is 11.0. The zero-order chi connectivity index (χ0) is 16.6. The van der Waals surface area contributed by atoms with Crippen molar-refractivity contribution in [1.29, 1.82) is 0 Å². The minimum atomic E-state index is -1.43. The molecule has 0 amide bonds. The maximum Gasteiger partial charge on any atom is 0.208 e. The molecule has 4 N–H and O–H groups in total. The predicted octanol–water partition coefficient (Wildman–Crippen LogP) is 3.12. The van der Waals surface area contributed by atoms with Gasteiger partial charge in [-0.25, -0.2) is 5.21 Å². The highest BCUT2D eigenvalue weighted by Crippen LogP contribution is 2.41. The first-order chi connectivity index (χ1) is 10.3. The number of H-pyrrole nitrogens is 1. The van der Waals surface area contributed by atoms with E-state index >= 15 is 0 Å². The third kappa shape index (κ3) is 3.15. The fourth-order valence-corrected chi connectivity index (χ4v) is 3.04. The van der Waals surface area contributed by atoms with Crippen molar-refractivity contribution < 1.29 is 20.3 Å². The number of quaternary nitrogens is 1. The maximum absolute atomic E-state index is 11.3. The molecule has 2 aromatic rings. The van der Waals surface area contributed by atoms with Gasteiger partial charge in [-0.3, -0.25) is 0 Å². The zero-order valence-corrected chi connectivity index (χ0v) is 14.0. The normalized spacial score (nSPS) is 14.0. The molecule has 6 nitrogen and oxygen atoms in total. The van der Waals surface area contributed by atoms with E-state index in [1.54, 1.807) is 0 Å². The molecule has 0 fully saturated rings. The Morgan fingerprint density at radius 1 is 1.27 bits per heavy atom. The van der Waals surface area contributed by atoms with Crippen molar-refractivity contribution in [3.05, 3.63) is 48.8 Å². The van der Waals surface area contributed by atoms with Crippen LogP contribution in [-0.4, -0.2) is 22.4 Å². The monoisotopic (exact) mass is 386 g/mol. The maximum atomic E-state index is 11.3. The van der Waals surface area contributed by atoms with Crippen molar-refractivity contribution in [3.8, 4) is 5.75 Å². The minimum Gasteiger partial charge on any atom is -0.595 e. The Kier molecular flexibility index (Phi) is 5.47. The smallest absolute Gasteiger partial charge is 0.208 e. The first kappa shape index (κ1) is 17.7. The largest absolute Gasteiger partial charge is 0.595 e. The van der Waals surface area contributed by atoms with Crippen molar-refractivity contribution in [2.45, 2.75) is 6.10 Å². The molecule has 0 saturated carbocycles. The molecule has 0 spiro atoms. The number of rotatable bonds is 4. The number of aromatic nitrogens is 1. The fraction of sp³-hybridized carbons (Fsp3) is 0.167. The van der Waals surface area contributed by atoms with Crippen LogP contribution in [0.15, 0.2) is 12.1 Å². The van der Waals surface area contributed by atoms with Crippen LogP contribution in [0.2, 0.25) is 20.2 Å². The molecular weight excluding hydrogens is 378 g/mol. The van der Waals surface area contributed by atoms with Gasteiger partial charge in [-0.1, -0.05) is 46.4 Å². The van der Waals surface area contributed by atoms with Gasteiger partial charge in [-0.2, -0.15) is 5.23 Å². The van der Waals surface area contributed by atoms with E-state index in [1.807, 2.05) is 0 Å². The highest BCUT2D eigenvalue weighted by molar-refractivity contribution is 6.43. The molecule has 1 aromatic heterocycles. The molecule has 0 aliphatic rings. The van der Waals surface area contributed by atoms with E-state index in [-0.39, 0.29) is 42.9 Å². The van der Waals surface area contributed by atoms with Crippen molar-refractivity contribution in [2.24, 2.45) is 0 Å². The summed E-state index contributed by atoms with van der Waals surface area (Å²) in [6.07, 6.45) is -1.43. The first-order valence-electron chi connectivity index (χ1n) is 5.79.